The van der Waals surface area contributed by atoms with Crippen molar-refractivity contribution in [3.63, 3.8) is 0 Å². The second-order valence-electron chi connectivity index (χ2n) is 12.5. The summed E-state index contributed by atoms with van der Waals surface area (Å²) in [4.78, 5) is 2.35. The van der Waals surface area contributed by atoms with Crippen molar-refractivity contribution in [3.8, 4) is 44.5 Å². The van der Waals surface area contributed by atoms with Crippen molar-refractivity contribution in [2.75, 3.05) is 4.90 Å². The van der Waals surface area contributed by atoms with Gasteiger partial charge in [0, 0.05) is 27.7 Å². The SMILES string of the molecule is c1ccc(-c2ccc(-c3ccc(N(c4ccc(-c5ccccc5)cc4)c4ccc5c(oc6ccccc65)c4-c4ccccc4)cc3)cc2)cc1. The van der Waals surface area contributed by atoms with Crippen LogP contribution in [0.2, 0.25) is 0 Å². The Morgan fingerprint density at radius 3 is 1.20 bits per heavy atom. The molecule has 0 saturated heterocycles. The number of rotatable bonds is 7. The molecule has 1 heterocycles. The maximum Gasteiger partial charge on any atom is 0.145 e. The van der Waals surface area contributed by atoms with Crippen molar-refractivity contribution in [2.24, 2.45) is 0 Å². The van der Waals surface area contributed by atoms with E-state index in [1.807, 2.05) is 6.07 Å². The molecule has 0 aliphatic rings. The van der Waals surface area contributed by atoms with Crippen molar-refractivity contribution in [1.82, 2.24) is 0 Å². The first-order valence-electron chi connectivity index (χ1n) is 17.0. The highest BCUT2D eigenvalue weighted by Gasteiger charge is 2.22. The molecule has 0 spiro atoms. The minimum Gasteiger partial charge on any atom is -0.455 e. The van der Waals surface area contributed by atoms with Gasteiger partial charge < -0.3 is 9.32 Å². The second-order valence-corrected chi connectivity index (χ2v) is 12.5. The minimum absolute atomic E-state index is 0.885. The molecule has 0 unspecified atom stereocenters. The molecule has 0 amide bonds. The van der Waals surface area contributed by atoms with E-state index in [2.05, 4.69) is 199 Å². The van der Waals surface area contributed by atoms with E-state index in [0.29, 0.717) is 0 Å². The van der Waals surface area contributed by atoms with Gasteiger partial charge in [0.1, 0.15) is 11.2 Å². The van der Waals surface area contributed by atoms with Crippen LogP contribution in [0.15, 0.2) is 205 Å². The van der Waals surface area contributed by atoms with Gasteiger partial charge in [-0.25, -0.2) is 0 Å². The largest absolute Gasteiger partial charge is 0.455 e. The van der Waals surface area contributed by atoms with Gasteiger partial charge >= 0.3 is 0 Å². The Balaban J connectivity index is 1.19. The molecule has 0 bridgehead atoms. The van der Waals surface area contributed by atoms with Gasteiger partial charge in [-0.1, -0.05) is 158 Å². The Kier molecular flexibility index (Phi) is 7.53. The Labute approximate surface area is 292 Å². The summed E-state index contributed by atoms with van der Waals surface area (Å²) in [6.07, 6.45) is 0. The lowest BCUT2D eigenvalue weighted by molar-refractivity contribution is 0.670. The molecule has 8 aromatic carbocycles. The number of furan rings is 1. The number of anilines is 3. The van der Waals surface area contributed by atoms with E-state index in [1.54, 1.807) is 0 Å². The number of hydrogen-bond donors (Lipinski definition) is 0. The summed E-state index contributed by atoms with van der Waals surface area (Å²) in [5.74, 6) is 0. The van der Waals surface area contributed by atoms with Crippen LogP contribution in [0, 0.1) is 0 Å². The Morgan fingerprint density at radius 2 is 0.700 bits per heavy atom. The highest BCUT2D eigenvalue weighted by atomic mass is 16.3. The van der Waals surface area contributed by atoms with E-state index < -0.39 is 0 Å². The molecule has 50 heavy (non-hydrogen) atoms. The second kappa shape index (κ2) is 12.8. The molecule has 2 heteroatoms. The lowest BCUT2D eigenvalue weighted by Gasteiger charge is -2.28. The molecule has 236 valence electrons. The first-order chi connectivity index (χ1) is 24.8. The number of hydrogen-bond acceptors (Lipinski definition) is 2. The monoisotopic (exact) mass is 639 g/mol. The maximum atomic E-state index is 6.67. The van der Waals surface area contributed by atoms with Gasteiger partial charge in [-0.3, -0.25) is 0 Å². The summed E-state index contributed by atoms with van der Waals surface area (Å²) in [5, 5.41) is 2.23. The lowest BCUT2D eigenvalue weighted by atomic mass is 9.97. The molecule has 0 radical (unpaired) electrons. The van der Waals surface area contributed by atoms with Crippen LogP contribution in [0.3, 0.4) is 0 Å². The van der Waals surface area contributed by atoms with Crippen LogP contribution >= 0.6 is 0 Å². The molecule has 0 saturated carbocycles. The molecule has 0 aliphatic carbocycles. The van der Waals surface area contributed by atoms with Gasteiger partial charge in [-0.15, -0.1) is 0 Å². The smallest absolute Gasteiger partial charge is 0.145 e. The molecular formula is C48H33NO. The zero-order chi connectivity index (χ0) is 33.3. The van der Waals surface area contributed by atoms with Crippen LogP contribution in [0.5, 0.6) is 0 Å². The van der Waals surface area contributed by atoms with Crippen LogP contribution in [0.25, 0.3) is 66.4 Å². The van der Waals surface area contributed by atoms with Gasteiger partial charge in [0.2, 0.25) is 0 Å². The molecule has 2 nitrogen and oxygen atoms in total. The van der Waals surface area contributed by atoms with Gasteiger partial charge in [-0.2, -0.15) is 0 Å². The summed E-state index contributed by atoms with van der Waals surface area (Å²) in [6, 6.07) is 71.0. The molecule has 0 aliphatic heterocycles. The molecular weight excluding hydrogens is 607 g/mol. The standard InChI is InChI=1S/C48H33NO/c1-4-12-34(13-5-1)36-20-22-37(23-21-36)39-26-30-42(31-27-39)49(41-28-24-38(25-29-41)35-14-6-2-7-15-35)45-33-32-44-43-18-10-11-19-46(43)50-48(44)47(45)40-16-8-3-9-17-40/h1-33H. The molecule has 0 atom stereocenters. The Morgan fingerprint density at radius 1 is 0.300 bits per heavy atom. The predicted molar refractivity (Wildman–Crippen MR) is 210 cm³/mol. The number of fused-ring (bicyclic) bond motifs is 3. The summed E-state index contributed by atoms with van der Waals surface area (Å²) < 4.78 is 6.67. The van der Waals surface area contributed by atoms with Crippen LogP contribution in [0.4, 0.5) is 17.1 Å². The zero-order valence-corrected chi connectivity index (χ0v) is 27.4. The molecule has 0 fully saturated rings. The van der Waals surface area contributed by atoms with Crippen LogP contribution < -0.4 is 4.90 Å². The van der Waals surface area contributed by atoms with E-state index >= 15 is 0 Å². The van der Waals surface area contributed by atoms with Crippen LogP contribution in [-0.2, 0) is 0 Å². The molecule has 0 N–H and O–H groups in total. The number of nitrogens with zero attached hydrogens (tertiary/aromatic N) is 1. The number of para-hydroxylation sites is 1. The van der Waals surface area contributed by atoms with E-state index in [-0.39, 0.29) is 0 Å². The van der Waals surface area contributed by atoms with Gasteiger partial charge in [0.05, 0.1) is 5.69 Å². The lowest BCUT2D eigenvalue weighted by Crippen LogP contribution is -2.11. The summed E-state index contributed by atoms with van der Waals surface area (Å²) in [6.45, 7) is 0. The van der Waals surface area contributed by atoms with Gasteiger partial charge in [0.25, 0.3) is 0 Å². The third-order valence-electron chi connectivity index (χ3n) is 9.51. The van der Waals surface area contributed by atoms with E-state index in [9.17, 15) is 0 Å². The quantitative estimate of drug-likeness (QED) is 0.173. The topological polar surface area (TPSA) is 16.4 Å². The summed E-state index contributed by atoms with van der Waals surface area (Å²) in [7, 11) is 0. The van der Waals surface area contributed by atoms with Gasteiger partial charge in [-0.05, 0) is 81.4 Å². The van der Waals surface area contributed by atoms with Crippen molar-refractivity contribution in [1.29, 1.82) is 0 Å². The van der Waals surface area contributed by atoms with Crippen LogP contribution in [0.1, 0.15) is 0 Å². The molecule has 9 aromatic rings. The third-order valence-corrected chi connectivity index (χ3v) is 9.51. The molecule has 9 rings (SSSR count). The average Bonchev–Trinajstić information content (AvgIpc) is 3.58. The van der Waals surface area contributed by atoms with Crippen molar-refractivity contribution >= 4 is 39.0 Å². The molecule has 1 aromatic heterocycles. The van der Waals surface area contributed by atoms with Crippen molar-refractivity contribution < 1.29 is 4.42 Å². The van der Waals surface area contributed by atoms with Crippen molar-refractivity contribution in [3.05, 3.63) is 200 Å². The fraction of sp³-hybridized carbons (Fsp3) is 0. The van der Waals surface area contributed by atoms with Crippen molar-refractivity contribution in [2.45, 2.75) is 0 Å². The van der Waals surface area contributed by atoms with E-state index in [0.717, 1.165) is 50.1 Å². The normalized spacial score (nSPS) is 11.2. The minimum atomic E-state index is 0.885. The first-order valence-corrected chi connectivity index (χ1v) is 17.0. The van der Waals surface area contributed by atoms with E-state index in [4.69, 9.17) is 4.42 Å². The fourth-order valence-corrected chi connectivity index (χ4v) is 7.00. The third kappa shape index (κ3) is 5.43. The maximum absolute atomic E-state index is 6.67. The highest BCUT2D eigenvalue weighted by Crippen LogP contribution is 2.47. The predicted octanol–water partition coefficient (Wildman–Crippen LogP) is 13.7. The Hall–Kier alpha value is -6.64. The summed E-state index contributed by atoms with van der Waals surface area (Å²) >= 11 is 0. The van der Waals surface area contributed by atoms with Gasteiger partial charge in [0.15, 0.2) is 0 Å². The summed E-state index contributed by atoms with van der Waals surface area (Å²) in [5.41, 5.74) is 14.3. The number of benzene rings is 8. The zero-order valence-electron chi connectivity index (χ0n) is 27.4. The van der Waals surface area contributed by atoms with E-state index in [1.165, 1.54) is 33.4 Å². The highest BCUT2D eigenvalue weighted by molar-refractivity contribution is 6.13. The first kappa shape index (κ1) is 29.5. The fourth-order valence-electron chi connectivity index (χ4n) is 7.00. The average molecular weight is 640 g/mol. The van der Waals surface area contributed by atoms with Crippen LogP contribution in [-0.4, -0.2) is 0 Å². The Bertz CT molecular complexity index is 2530.